The lowest BCUT2D eigenvalue weighted by Gasteiger charge is -2.21. The molecule has 0 saturated carbocycles. The van der Waals surface area contributed by atoms with E-state index in [2.05, 4.69) is 41.5 Å². The Morgan fingerprint density at radius 3 is 0.784 bits per heavy atom. The van der Waals surface area contributed by atoms with Crippen molar-refractivity contribution < 1.29 is 80.2 Å². The summed E-state index contributed by atoms with van der Waals surface area (Å²) in [6.07, 6.45) is 58.1. The highest BCUT2D eigenvalue weighted by atomic mass is 31.2. The molecule has 0 heterocycles. The third kappa shape index (κ3) is 70.9. The number of carbonyl (C=O) groups is 4. The first-order valence-electron chi connectivity index (χ1n) is 40.5. The first-order chi connectivity index (χ1) is 46.9. The molecule has 0 aliphatic carbocycles. The monoisotopic (exact) mass is 1420 g/mol. The van der Waals surface area contributed by atoms with Gasteiger partial charge in [-0.05, 0) is 37.5 Å². The van der Waals surface area contributed by atoms with Crippen LogP contribution in [0.25, 0.3) is 0 Å². The van der Waals surface area contributed by atoms with Crippen LogP contribution >= 0.6 is 15.6 Å². The highest BCUT2D eigenvalue weighted by Crippen LogP contribution is 2.45. The van der Waals surface area contributed by atoms with E-state index in [1.165, 1.54) is 225 Å². The van der Waals surface area contributed by atoms with Crippen LogP contribution in [0.3, 0.4) is 0 Å². The van der Waals surface area contributed by atoms with Crippen LogP contribution in [0.5, 0.6) is 0 Å². The van der Waals surface area contributed by atoms with E-state index in [1.54, 1.807) is 0 Å². The summed E-state index contributed by atoms with van der Waals surface area (Å²) < 4.78 is 68.6. The summed E-state index contributed by atoms with van der Waals surface area (Å²) in [7, 11) is -9.91. The zero-order valence-corrected chi connectivity index (χ0v) is 65.2. The number of phosphoric ester groups is 2. The van der Waals surface area contributed by atoms with Crippen LogP contribution in [0, 0.1) is 11.8 Å². The van der Waals surface area contributed by atoms with E-state index in [1.807, 2.05) is 0 Å². The molecule has 6 atom stereocenters. The van der Waals surface area contributed by atoms with E-state index in [-0.39, 0.29) is 25.7 Å². The summed E-state index contributed by atoms with van der Waals surface area (Å²) >= 11 is 0. The molecule has 3 N–H and O–H groups in total. The zero-order chi connectivity index (χ0) is 71.4. The van der Waals surface area contributed by atoms with Crippen molar-refractivity contribution in [3.63, 3.8) is 0 Å². The van der Waals surface area contributed by atoms with Gasteiger partial charge in [0.25, 0.3) is 0 Å². The van der Waals surface area contributed by atoms with Crippen LogP contribution in [-0.2, 0) is 65.4 Å². The van der Waals surface area contributed by atoms with E-state index in [4.69, 9.17) is 37.0 Å². The number of phosphoric acid groups is 2. The third-order valence-corrected chi connectivity index (χ3v) is 20.5. The number of hydrogen-bond acceptors (Lipinski definition) is 15. The van der Waals surface area contributed by atoms with E-state index in [0.29, 0.717) is 25.7 Å². The average Bonchev–Trinajstić information content (AvgIpc) is 1.20. The summed E-state index contributed by atoms with van der Waals surface area (Å²) in [6, 6.07) is 0. The molecular formula is C78H152O17P2. The predicted molar refractivity (Wildman–Crippen MR) is 395 cm³/mol. The first-order valence-corrected chi connectivity index (χ1v) is 43.5. The molecule has 0 radical (unpaired) electrons. The van der Waals surface area contributed by atoms with E-state index in [0.717, 1.165) is 102 Å². The Morgan fingerprint density at radius 2 is 0.526 bits per heavy atom. The standard InChI is InChI=1S/C78H152O17P2/c1-7-10-12-14-16-18-20-21-22-23-24-25-26-27-29-38-44-50-56-62-77(82)94-73(67-89-76(81)61-55-49-43-37-33-31-35-41-47-53-59-71(6)9-3)68-92-96(84,85)90-64-72(79)65-91-97(86,87)93-69-74(66-88-75(80)60-54-48-42-36-28-19-17-15-13-11-8-2)95-78(83)63-57-51-45-39-32-30-34-40-46-52-58-70(4)5/h70-74,79H,7-69H2,1-6H3,(H,84,85)(H,86,87)/t71?,72-,73-,74-/m1/s1. The van der Waals surface area contributed by atoms with Crippen LogP contribution in [0.1, 0.15) is 408 Å². The van der Waals surface area contributed by atoms with Crippen molar-refractivity contribution in [1.82, 2.24) is 0 Å². The van der Waals surface area contributed by atoms with Crippen molar-refractivity contribution in [2.75, 3.05) is 39.6 Å². The van der Waals surface area contributed by atoms with Gasteiger partial charge in [0.15, 0.2) is 12.2 Å². The number of aliphatic hydroxyl groups is 1. The maximum atomic E-state index is 13.1. The molecule has 0 aromatic carbocycles. The van der Waals surface area contributed by atoms with E-state index in [9.17, 15) is 43.2 Å². The highest BCUT2D eigenvalue weighted by Gasteiger charge is 2.30. The molecule has 0 amide bonds. The van der Waals surface area contributed by atoms with Gasteiger partial charge < -0.3 is 33.8 Å². The third-order valence-electron chi connectivity index (χ3n) is 18.6. The summed E-state index contributed by atoms with van der Waals surface area (Å²) in [5, 5.41) is 10.6. The molecule has 576 valence electrons. The Balaban J connectivity index is 5.25. The minimum absolute atomic E-state index is 0.106. The molecule has 3 unspecified atom stereocenters. The second-order valence-electron chi connectivity index (χ2n) is 28.8. The fourth-order valence-electron chi connectivity index (χ4n) is 12.0. The van der Waals surface area contributed by atoms with Gasteiger partial charge in [0.1, 0.15) is 19.3 Å². The lowest BCUT2D eigenvalue weighted by molar-refractivity contribution is -0.161. The minimum Gasteiger partial charge on any atom is -0.462 e. The zero-order valence-electron chi connectivity index (χ0n) is 63.4. The van der Waals surface area contributed by atoms with Crippen molar-refractivity contribution in [2.24, 2.45) is 11.8 Å². The second kappa shape index (κ2) is 69.8. The van der Waals surface area contributed by atoms with Crippen LogP contribution in [0.15, 0.2) is 0 Å². The molecule has 0 spiro atoms. The van der Waals surface area contributed by atoms with Gasteiger partial charge in [0, 0.05) is 25.7 Å². The van der Waals surface area contributed by atoms with Crippen LogP contribution in [-0.4, -0.2) is 96.7 Å². The van der Waals surface area contributed by atoms with Crippen molar-refractivity contribution in [2.45, 2.75) is 426 Å². The predicted octanol–water partition coefficient (Wildman–Crippen LogP) is 23.1. The molecular weight excluding hydrogens is 1270 g/mol. The summed E-state index contributed by atoms with van der Waals surface area (Å²) in [6.45, 7) is 9.63. The van der Waals surface area contributed by atoms with Gasteiger partial charge in [-0.15, -0.1) is 0 Å². The number of aliphatic hydroxyl groups excluding tert-OH is 1. The van der Waals surface area contributed by atoms with Gasteiger partial charge in [-0.3, -0.25) is 37.3 Å². The number of ether oxygens (including phenoxy) is 4. The van der Waals surface area contributed by atoms with Crippen molar-refractivity contribution in [1.29, 1.82) is 0 Å². The maximum absolute atomic E-state index is 13.1. The summed E-state index contributed by atoms with van der Waals surface area (Å²) in [5.74, 6) is -0.550. The van der Waals surface area contributed by atoms with E-state index >= 15 is 0 Å². The molecule has 0 rings (SSSR count). The fraction of sp³-hybridized carbons (Fsp3) is 0.949. The Labute approximate surface area is 594 Å². The Morgan fingerprint density at radius 1 is 0.299 bits per heavy atom. The molecule has 0 fully saturated rings. The molecule has 0 aromatic rings. The molecule has 97 heavy (non-hydrogen) atoms. The highest BCUT2D eigenvalue weighted by molar-refractivity contribution is 7.47. The molecule has 17 nitrogen and oxygen atoms in total. The maximum Gasteiger partial charge on any atom is 0.472 e. The molecule has 0 aliphatic rings. The number of unbranched alkanes of at least 4 members (excludes halogenated alkanes) is 46. The van der Waals surface area contributed by atoms with Gasteiger partial charge in [-0.1, -0.05) is 356 Å². The second-order valence-corrected chi connectivity index (χ2v) is 31.7. The molecule has 0 aliphatic heterocycles. The van der Waals surface area contributed by atoms with Gasteiger partial charge in [0.2, 0.25) is 0 Å². The van der Waals surface area contributed by atoms with Gasteiger partial charge >= 0.3 is 39.5 Å². The fourth-order valence-corrected chi connectivity index (χ4v) is 13.6. The van der Waals surface area contributed by atoms with Crippen LogP contribution in [0.4, 0.5) is 0 Å². The quantitative estimate of drug-likeness (QED) is 0.0222. The number of rotatable bonds is 77. The number of hydrogen-bond donors (Lipinski definition) is 3. The average molecular weight is 1420 g/mol. The van der Waals surface area contributed by atoms with E-state index < -0.39 is 97.5 Å². The number of carbonyl (C=O) groups excluding carboxylic acids is 4. The lowest BCUT2D eigenvalue weighted by Crippen LogP contribution is -2.30. The molecule has 0 bridgehead atoms. The molecule has 19 heteroatoms. The van der Waals surface area contributed by atoms with Gasteiger partial charge in [-0.25, -0.2) is 9.13 Å². The van der Waals surface area contributed by atoms with Crippen molar-refractivity contribution >= 4 is 39.5 Å². The Bertz CT molecular complexity index is 1870. The van der Waals surface area contributed by atoms with Crippen LogP contribution < -0.4 is 0 Å². The van der Waals surface area contributed by atoms with Crippen LogP contribution in [0.2, 0.25) is 0 Å². The van der Waals surface area contributed by atoms with Crippen molar-refractivity contribution in [3.05, 3.63) is 0 Å². The smallest absolute Gasteiger partial charge is 0.462 e. The normalized spacial score (nSPS) is 14.2. The number of esters is 4. The lowest BCUT2D eigenvalue weighted by atomic mass is 9.99. The summed E-state index contributed by atoms with van der Waals surface area (Å²) in [5.41, 5.74) is 0. The topological polar surface area (TPSA) is 237 Å². The minimum atomic E-state index is -4.96. The van der Waals surface area contributed by atoms with Gasteiger partial charge in [-0.2, -0.15) is 0 Å². The van der Waals surface area contributed by atoms with Gasteiger partial charge in [0.05, 0.1) is 26.4 Å². The molecule has 0 saturated heterocycles. The summed E-state index contributed by atoms with van der Waals surface area (Å²) in [4.78, 5) is 72.9. The Hall–Kier alpha value is -1.94. The van der Waals surface area contributed by atoms with Crippen molar-refractivity contribution in [3.8, 4) is 0 Å². The Kier molecular flexibility index (Phi) is 68.4. The first kappa shape index (κ1) is 95.1. The molecule has 0 aromatic heterocycles. The largest absolute Gasteiger partial charge is 0.472 e. The SMILES string of the molecule is CCCCCCCCCCCCCCCCCCCCCC(=O)O[C@H](COC(=O)CCCCCCCCCCCCC(C)CC)COP(=O)(O)OC[C@@H](O)COP(=O)(O)OC[C@@H](COC(=O)CCCCCCCCCCCCC)OC(=O)CCCCCCCCCCCCC(C)C.